The van der Waals surface area contributed by atoms with Crippen molar-refractivity contribution in [3.8, 4) is 16.8 Å². The first-order valence-electron chi connectivity index (χ1n) is 12.9. The lowest BCUT2D eigenvalue weighted by Crippen LogP contribution is -2.26. The van der Waals surface area contributed by atoms with Crippen molar-refractivity contribution in [2.24, 2.45) is 0 Å². The first kappa shape index (κ1) is 23.5. The lowest BCUT2D eigenvalue weighted by atomic mass is 9.98. The summed E-state index contributed by atoms with van der Waals surface area (Å²) in [6.45, 7) is 1.99. The van der Waals surface area contributed by atoms with Crippen molar-refractivity contribution < 1.29 is 0 Å². The molecule has 1 atom stereocenters. The summed E-state index contributed by atoms with van der Waals surface area (Å²) < 4.78 is 1.76. The van der Waals surface area contributed by atoms with Gasteiger partial charge >= 0.3 is 0 Å². The smallest absolute Gasteiger partial charge is 0.263 e. The average Bonchev–Trinajstić information content (AvgIpc) is 3.45. The number of aromatic nitrogens is 6. The molecule has 0 aliphatic carbocycles. The van der Waals surface area contributed by atoms with E-state index in [1.165, 1.54) is 0 Å². The molecule has 1 unspecified atom stereocenters. The number of anilines is 2. The Morgan fingerprint density at radius 2 is 1.80 bits per heavy atom. The van der Waals surface area contributed by atoms with Crippen molar-refractivity contribution in [3.63, 3.8) is 0 Å². The number of benzene rings is 2. The highest BCUT2D eigenvalue weighted by atomic mass is 16.1. The summed E-state index contributed by atoms with van der Waals surface area (Å²) in [7, 11) is 0. The number of nitrogens with one attached hydrogen (secondary N) is 2. The van der Waals surface area contributed by atoms with Crippen LogP contribution < -0.4 is 16.6 Å². The predicted octanol–water partition coefficient (Wildman–Crippen LogP) is 5.63. The van der Waals surface area contributed by atoms with E-state index in [-0.39, 0.29) is 17.5 Å². The van der Waals surface area contributed by atoms with Crippen LogP contribution in [0, 0.1) is 0 Å². The second-order valence-corrected chi connectivity index (χ2v) is 9.62. The normalized spacial score (nSPS) is 12.2. The topological polar surface area (TPSA) is 127 Å². The second kappa shape index (κ2) is 9.32. The Labute approximate surface area is 228 Å². The van der Waals surface area contributed by atoms with E-state index in [9.17, 15) is 4.79 Å². The SMILES string of the molecule is CC(Nc1nc(N)nc2cccnc12)c1cc2cccc(-c3cnc4[nH]ccc4c3)c2c(=O)n1-c1ccccc1. The number of nitrogen functional groups attached to an aromatic ring is 1. The summed E-state index contributed by atoms with van der Waals surface area (Å²) in [4.78, 5) is 35.3. The largest absolute Gasteiger partial charge is 0.368 e. The first-order chi connectivity index (χ1) is 19.6. The van der Waals surface area contributed by atoms with Gasteiger partial charge < -0.3 is 16.0 Å². The van der Waals surface area contributed by atoms with E-state index in [0.29, 0.717) is 22.2 Å². The summed E-state index contributed by atoms with van der Waals surface area (Å²) >= 11 is 0. The zero-order valence-corrected chi connectivity index (χ0v) is 21.5. The van der Waals surface area contributed by atoms with Crippen molar-refractivity contribution in [1.82, 2.24) is 29.5 Å². The zero-order chi connectivity index (χ0) is 27.2. The van der Waals surface area contributed by atoms with E-state index < -0.39 is 0 Å². The number of hydrogen-bond acceptors (Lipinski definition) is 7. The van der Waals surface area contributed by atoms with Gasteiger partial charge in [0.2, 0.25) is 5.95 Å². The molecular formula is C31H24N8O. The summed E-state index contributed by atoms with van der Waals surface area (Å²) in [6.07, 6.45) is 5.35. The van der Waals surface area contributed by atoms with E-state index in [0.717, 1.165) is 38.9 Å². The van der Waals surface area contributed by atoms with Gasteiger partial charge in [-0.3, -0.25) is 14.3 Å². The fourth-order valence-electron chi connectivity index (χ4n) is 5.24. The number of nitrogens with two attached hydrogens (primary N) is 1. The minimum Gasteiger partial charge on any atom is -0.368 e. The minimum atomic E-state index is -0.335. The van der Waals surface area contributed by atoms with Gasteiger partial charge in [0, 0.05) is 40.9 Å². The lowest BCUT2D eigenvalue weighted by Gasteiger charge is -2.22. The Bertz CT molecular complexity index is 2100. The standard InChI is InChI=1S/C31H24N8O/c1-18(36-29-27-24(11-6-13-33-27)37-31(32)38-29)25-16-19-7-5-10-23(21-15-20-12-14-34-28(20)35-17-21)26(19)30(40)39(25)22-8-3-2-4-9-22/h2-18H,1H3,(H,34,35)(H3,32,36,37,38). The van der Waals surface area contributed by atoms with Crippen LogP contribution in [-0.2, 0) is 0 Å². The van der Waals surface area contributed by atoms with Crippen LogP contribution in [0.2, 0.25) is 0 Å². The molecule has 9 nitrogen and oxygen atoms in total. The third-order valence-electron chi connectivity index (χ3n) is 7.07. The number of pyridine rings is 3. The lowest BCUT2D eigenvalue weighted by molar-refractivity contribution is 0.774. The average molecular weight is 525 g/mol. The van der Waals surface area contributed by atoms with Crippen LogP contribution in [0.3, 0.4) is 0 Å². The first-order valence-corrected chi connectivity index (χ1v) is 12.9. The maximum atomic E-state index is 14.4. The molecule has 0 saturated carbocycles. The Balaban J connectivity index is 1.44. The Hall–Kier alpha value is -5.57. The molecule has 194 valence electrons. The molecule has 0 aliphatic rings. The number of hydrogen-bond donors (Lipinski definition) is 3. The molecule has 0 amide bonds. The van der Waals surface area contributed by atoms with Crippen LogP contribution in [0.15, 0.2) is 102 Å². The summed E-state index contributed by atoms with van der Waals surface area (Å²) in [5, 5.41) is 5.88. The summed E-state index contributed by atoms with van der Waals surface area (Å²) in [6, 6.07) is 24.9. The van der Waals surface area contributed by atoms with Crippen LogP contribution in [0.5, 0.6) is 0 Å². The molecule has 40 heavy (non-hydrogen) atoms. The van der Waals surface area contributed by atoms with E-state index in [2.05, 4.69) is 36.3 Å². The number of fused-ring (bicyclic) bond motifs is 3. The summed E-state index contributed by atoms with van der Waals surface area (Å²) in [5.74, 6) is 0.647. The molecule has 0 spiro atoms. The third kappa shape index (κ3) is 3.92. The fourth-order valence-corrected chi connectivity index (χ4v) is 5.24. The van der Waals surface area contributed by atoms with Gasteiger partial charge in [0.1, 0.15) is 11.2 Å². The maximum Gasteiger partial charge on any atom is 0.263 e. The highest BCUT2D eigenvalue weighted by molar-refractivity contribution is 5.98. The molecule has 0 fully saturated rings. The molecule has 0 saturated heterocycles. The van der Waals surface area contributed by atoms with Crippen molar-refractivity contribution in [2.75, 3.05) is 11.1 Å². The molecule has 0 aliphatic heterocycles. The number of H-pyrrole nitrogens is 1. The highest BCUT2D eigenvalue weighted by Crippen LogP contribution is 2.31. The van der Waals surface area contributed by atoms with E-state index in [1.54, 1.807) is 23.0 Å². The van der Waals surface area contributed by atoms with Gasteiger partial charge in [-0.15, -0.1) is 0 Å². The van der Waals surface area contributed by atoms with Gasteiger partial charge in [-0.1, -0.05) is 36.4 Å². The van der Waals surface area contributed by atoms with Crippen LogP contribution in [0.1, 0.15) is 18.7 Å². The van der Waals surface area contributed by atoms with Gasteiger partial charge in [-0.05, 0) is 60.3 Å². The molecule has 0 radical (unpaired) electrons. The van der Waals surface area contributed by atoms with Crippen molar-refractivity contribution in [1.29, 1.82) is 0 Å². The number of para-hydroxylation sites is 1. The van der Waals surface area contributed by atoms with Crippen molar-refractivity contribution >= 4 is 44.6 Å². The maximum absolute atomic E-state index is 14.4. The molecule has 0 bridgehead atoms. The number of aromatic amines is 1. The van der Waals surface area contributed by atoms with Gasteiger partial charge in [0.25, 0.3) is 5.56 Å². The molecule has 7 rings (SSSR count). The molecule has 7 aromatic rings. The van der Waals surface area contributed by atoms with E-state index in [4.69, 9.17) is 5.73 Å². The van der Waals surface area contributed by atoms with Crippen molar-refractivity contribution in [3.05, 3.63) is 114 Å². The predicted molar refractivity (Wildman–Crippen MR) is 158 cm³/mol. The van der Waals surface area contributed by atoms with Crippen LogP contribution in [0.4, 0.5) is 11.8 Å². The van der Waals surface area contributed by atoms with E-state index in [1.807, 2.05) is 79.9 Å². The van der Waals surface area contributed by atoms with Gasteiger partial charge in [0.05, 0.1) is 16.9 Å². The van der Waals surface area contributed by atoms with Crippen LogP contribution in [-0.4, -0.2) is 29.5 Å². The van der Waals surface area contributed by atoms with Crippen molar-refractivity contribution in [2.45, 2.75) is 13.0 Å². The van der Waals surface area contributed by atoms with Crippen LogP contribution >= 0.6 is 0 Å². The molecule has 5 aromatic heterocycles. The molecular weight excluding hydrogens is 500 g/mol. The Morgan fingerprint density at radius 1 is 0.925 bits per heavy atom. The minimum absolute atomic E-state index is 0.123. The fraction of sp³-hybridized carbons (Fsp3) is 0.0645. The van der Waals surface area contributed by atoms with Gasteiger partial charge in [-0.2, -0.15) is 4.98 Å². The third-order valence-corrected chi connectivity index (χ3v) is 7.07. The molecule has 5 heterocycles. The Kier molecular flexibility index (Phi) is 5.48. The van der Waals surface area contributed by atoms with Gasteiger partial charge in [-0.25, -0.2) is 9.97 Å². The zero-order valence-electron chi connectivity index (χ0n) is 21.5. The van der Waals surface area contributed by atoms with E-state index >= 15 is 0 Å². The molecule has 9 heteroatoms. The monoisotopic (exact) mass is 524 g/mol. The number of rotatable bonds is 5. The second-order valence-electron chi connectivity index (χ2n) is 9.62. The van der Waals surface area contributed by atoms with Crippen LogP contribution in [0.25, 0.3) is 49.7 Å². The van der Waals surface area contributed by atoms with Gasteiger partial charge in [0.15, 0.2) is 5.82 Å². The molecule has 2 aromatic carbocycles. The Morgan fingerprint density at radius 3 is 2.67 bits per heavy atom. The number of nitrogens with zero attached hydrogens (tertiary/aromatic N) is 5. The summed E-state index contributed by atoms with van der Waals surface area (Å²) in [5.41, 5.74) is 11.2. The quantitative estimate of drug-likeness (QED) is 0.266. The molecule has 4 N–H and O–H groups in total. The highest BCUT2D eigenvalue weighted by Gasteiger charge is 2.20.